The molecule has 1 aliphatic carbocycles. The molecule has 1 atom stereocenters. The molecule has 4 aromatic rings. The fraction of sp³-hybridized carbons (Fsp3) is 0.231. The lowest BCUT2D eigenvalue weighted by atomic mass is 10.1. The van der Waals surface area contributed by atoms with Crippen molar-refractivity contribution < 1.29 is 17.7 Å². The van der Waals surface area contributed by atoms with Gasteiger partial charge in [0.2, 0.25) is 17.6 Å². The Balaban J connectivity index is 1.25. The van der Waals surface area contributed by atoms with Gasteiger partial charge in [0.05, 0.1) is 16.6 Å². The third kappa shape index (κ3) is 5.68. The third-order valence-corrected chi connectivity index (χ3v) is 7.70. The summed E-state index contributed by atoms with van der Waals surface area (Å²) in [6, 6.07) is 16.0. The summed E-state index contributed by atoms with van der Waals surface area (Å²) >= 11 is 0. The van der Waals surface area contributed by atoms with Crippen LogP contribution in [-0.2, 0) is 21.2 Å². The molecule has 1 amide bonds. The Kier molecular flexibility index (Phi) is 6.48. The molecule has 0 radical (unpaired) electrons. The molecular formula is C26H26N6O4S. The zero-order valence-electron chi connectivity index (χ0n) is 20.1. The molecule has 2 aromatic heterocycles. The fourth-order valence-corrected chi connectivity index (χ4v) is 4.77. The van der Waals surface area contributed by atoms with Crippen LogP contribution in [0.5, 0.6) is 0 Å². The van der Waals surface area contributed by atoms with E-state index in [1.165, 1.54) is 12.1 Å². The van der Waals surface area contributed by atoms with Crippen LogP contribution in [0.15, 0.2) is 82.5 Å². The Morgan fingerprint density at radius 2 is 1.78 bits per heavy atom. The topological polar surface area (TPSA) is 153 Å². The van der Waals surface area contributed by atoms with Crippen molar-refractivity contribution >= 4 is 27.3 Å². The molecule has 2 aromatic carbocycles. The van der Waals surface area contributed by atoms with Crippen LogP contribution >= 0.6 is 0 Å². The van der Waals surface area contributed by atoms with Crippen molar-refractivity contribution in [3.05, 3.63) is 84.5 Å². The molecular weight excluding hydrogens is 492 g/mol. The van der Waals surface area contributed by atoms with E-state index in [2.05, 4.69) is 25.2 Å². The molecule has 37 heavy (non-hydrogen) atoms. The van der Waals surface area contributed by atoms with Crippen LogP contribution in [0, 0.1) is 5.41 Å². The number of carbonyl (C=O) groups excluding carboxylic acids is 1. The second-order valence-corrected chi connectivity index (χ2v) is 11.0. The van der Waals surface area contributed by atoms with Crippen molar-refractivity contribution in [1.82, 2.24) is 15.1 Å². The summed E-state index contributed by atoms with van der Waals surface area (Å²) < 4.78 is 33.8. The zero-order chi connectivity index (χ0) is 26.0. The molecule has 2 heterocycles. The van der Waals surface area contributed by atoms with Gasteiger partial charge in [-0.1, -0.05) is 18.1 Å². The number of hydrogen-bond acceptors (Lipinski definition) is 8. The highest BCUT2D eigenvalue weighted by Gasteiger charge is 2.44. The summed E-state index contributed by atoms with van der Waals surface area (Å²) in [5.74, 6) is 0.531. The molecule has 0 aliphatic heterocycles. The molecule has 0 saturated heterocycles. The molecule has 190 valence electrons. The molecule has 1 saturated carbocycles. The van der Waals surface area contributed by atoms with Gasteiger partial charge in [0.15, 0.2) is 0 Å². The van der Waals surface area contributed by atoms with E-state index in [0.29, 0.717) is 29.2 Å². The first-order valence-corrected chi connectivity index (χ1v) is 13.2. The Hall–Kier alpha value is -4.09. The zero-order valence-corrected chi connectivity index (χ0v) is 20.9. The van der Waals surface area contributed by atoms with Gasteiger partial charge in [-0.3, -0.25) is 14.5 Å². The van der Waals surface area contributed by atoms with Crippen LogP contribution in [-0.4, -0.2) is 29.4 Å². The third-order valence-electron chi connectivity index (χ3n) is 6.31. The number of rotatable bonds is 9. The van der Waals surface area contributed by atoms with Gasteiger partial charge in [-0.2, -0.15) is 4.98 Å². The van der Waals surface area contributed by atoms with Gasteiger partial charge in [0, 0.05) is 29.1 Å². The van der Waals surface area contributed by atoms with Gasteiger partial charge >= 0.3 is 0 Å². The molecule has 0 unspecified atom stereocenters. The number of sulfonamides is 1. The molecule has 11 heteroatoms. The summed E-state index contributed by atoms with van der Waals surface area (Å²) in [4.78, 5) is 20.7. The van der Waals surface area contributed by atoms with Crippen LogP contribution in [0.2, 0.25) is 0 Å². The Labute approximate surface area is 214 Å². The molecule has 4 N–H and O–H groups in total. The minimum absolute atomic E-state index is 0.0639. The standard InChI is InChI=1S/C26H26N6O4S/c1-26(11-12-26)25(33)29-19-3-2-4-20(16-19)32-37(34,35)21-7-5-18(6-8-21)23-30-24(36-31-23)22(27)15-17-9-13-28-14-10-17/h2-10,13-14,16,22,32H,11-12,15,27H2,1H3,(H,29,33)/t22-/m0/s1. The van der Waals surface area contributed by atoms with Crippen molar-refractivity contribution in [2.24, 2.45) is 11.1 Å². The van der Waals surface area contributed by atoms with E-state index < -0.39 is 16.1 Å². The van der Waals surface area contributed by atoms with E-state index in [1.54, 1.807) is 48.8 Å². The van der Waals surface area contributed by atoms with Crippen LogP contribution in [0.25, 0.3) is 11.4 Å². The van der Waals surface area contributed by atoms with E-state index in [1.807, 2.05) is 19.1 Å². The van der Waals surface area contributed by atoms with Crippen LogP contribution < -0.4 is 15.8 Å². The minimum Gasteiger partial charge on any atom is -0.337 e. The molecule has 0 bridgehead atoms. The van der Waals surface area contributed by atoms with E-state index in [9.17, 15) is 13.2 Å². The number of nitrogens with zero attached hydrogens (tertiary/aromatic N) is 3. The molecule has 5 rings (SSSR count). The minimum atomic E-state index is -3.87. The maximum Gasteiger partial charge on any atom is 0.261 e. The predicted molar refractivity (Wildman–Crippen MR) is 138 cm³/mol. The highest BCUT2D eigenvalue weighted by Crippen LogP contribution is 2.45. The second kappa shape index (κ2) is 9.75. The smallest absolute Gasteiger partial charge is 0.261 e. The average Bonchev–Trinajstić information content (AvgIpc) is 3.45. The number of hydrogen-bond donors (Lipinski definition) is 3. The molecule has 1 aliphatic rings. The first-order chi connectivity index (χ1) is 17.7. The van der Waals surface area contributed by atoms with Crippen LogP contribution in [0.4, 0.5) is 11.4 Å². The van der Waals surface area contributed by atoms with Crippen molar-refractivity contribution in [3.63, 3.8) is 0 Å². The highest BCUT2D eigenvalue weighted by molar-refractivity contribution is 7.92. The Bertz CT molecular complexity index is 1520. The average molecular weight is 519 g/mol. The number of nitrogens with two attached hydrogens (primary N) is 1. The molecule has 10 nitrogen and oxygen atoms in total. The first-order valence-electron chi connectivity index (χ1n) is 11.7. The number of anilines is 2. The van der Waals surface area contributed by atoms with Gasteiger partial charge in [-0.05, 0) is 79.4 Å². The van der Waals surface area contributed by atoms with Gasteiger partial charge < -0.3 is 15.6 Å². The van der Waals surface area contributed by atoms with Gasteiger partial charge in [0.1, 0.15) is 0 Å². The summed E-state index contributed by atoms with van der Waals surface area (Å²) in [5.41, 5.74) is 8.33. The quantitative estimate of drug-likeness (QED) is 0.301. The van der Waals surface area contributed by atoms with Crippen molar-refractivity contribution in [1.29, 1.82) is 0 Å². The molecule has 0 spiro atoms. The van der Waals surface area contributed by atoms with Gasteiger partial charge in [0.25, 0.3) is 10.0 Å². The van der Waals surface area contributed by atoms with Crippen LogP contribution in [0.3, 0.4) is 0 Å². The van der Waals surface area contributed by atoms with E-state index in [0.717, 1.165) is 18.4 Å². The number of pyridine rings is 1. The van der Waals surface area contributed by atoms with Gasteiger partial charge in [-0.15, -0.1) is 0 Å². The van der Waals surface area contributed by atoms with Crippen molar-refractivity contribution in [3.8, 4) is 11.4 Å². The van der Waals surface area contributed by atoms with E-state index in [4.69, 9.17) is 10.3 Å². The highest BCUT2D eigenvalue weighted by atomic mass is 32.2. The fourth-order valence-electron chi connectivity index (χ4n) is 3.72. The maximum absolute atomic E-state index is 12.9. The molecule has 1 fully saturated rings. The second-order valence-electron chi connectivity index (χ2n) is 9.35. The summed E-state index contributed by atoms with van der Waals surface area (Å²) in [6.07, 6.45) is 5.60. The Morgan fingerprint density at radius 3 is 2.49 bits per heavy atom. The van der Waals surface area contributed by atoms with Crippen molar-refractivity contribution in [2.75, 3.05) is 10.0 Å². The lowest BCUT2D eigenvalue weighted by Crippen LogP contribution is -2.21. The van der Waals surface area contributed by atoms with Crippen molar-refractivity contribution in [2.45, 2.75) is 37.1 Å². The predicted octanol–water partition coefficient (Wildman–Crippen LogP) is 3.91. The maximum atomic E-state index is 12.9. The lowest BCUT2D eigenvalue weighted by Gasteiger charge is -2.12. The largest absolute Gasteiger partial charge is 0.337 e. The Morgan fingerprint density at radius 1 is 1.08 bits per heavy atom. The number of benzene rings is 2. The van der Waals surface area contributed by atoms with Crippen LogP contribution in [0.1, 0.15) is 37.3 Å². The first kappa shape index (κ1) is 24.6. The summed E-state index contributed by atoms with van der Waals surface area (Å²) in [6.45, 7) is 1.91. The normalized spacial score (nSPS) is 15.1. The number of aromatic nitrogens is 3. The van der Waals surface area contributed by atoms with Gasteiger partial charge in [-0.25, -0.2) is 8.42 Å². The monoisotopic (exact) mass is 518 g/mol. The summed E-state index contributed by atoms with van der Waals surface area (Å²) in [5, 5.41) is 6.84. The van der Waals surface area contributed by atoms with E-state index >= 15 is 0 Å². The number of nitrogens with one attached hydrogen (secondary N) is 2. The SMILES string of the molecule is CC1(C(=O)Nc2cccc(NS(=O)(=O)c3ccc(-c4noc([C@@H](N)Cc5ccncc5)n4)cc3)c2)CC1. The van der Waals surface area contributed by atoms with E-state index in [-0.39, 0.29) is 22.1 Å². The lowest BCUT2D eigenvalue weighted by molar-refractivity contribution is -0.120. The number of carbonyl (C=O) groups is 1. The summed E-state index contributed by atoms with van der Waals surface area (Å²) in [7, 11) is -3.87. The number of amides is 1.